The minimum Gasteiger partial charge on any atom is -0.456 e. The SMILES string of the molecule is [2H]c1c([2H])c([2H])c(-c2c([2H])c([2H])c3c([2H])c(-c4nc(-c5ccccc5)nc(-c5cccc(-c6cccc7oc8ccccc8c67)c5)n4)c([2H])c([2H])c3c2[2H])c([2H])c1[2H]. The summed E-state index contributed by atoms with van der Waals surface area (Å²) in [6.45, 7) is 0. The van der Waals surface area contributed by atoms with Crippen molar-refractivity contribution in [3.8, 4) is 56.4 Å². The number of rotatable bonds is 5. The van der Waals surface area contributed by atoms with Crippen LogP contribution in [0.15, 0.2) is 168 Å². The number of para-hydroxylation sites is 1. The van der Waals surface area contributed by atoms with Gasteiger partial charge in [-0.25, -0.2) is 15.0 Å². The summed E-state index contributed by atoms with van der Waals surface area (Å²) >= 11 is 0. The maximum atomic E-state index is 9.37. The van der Waals surface area contributed by atoms with Gasteiger partial charge in [0.2, 0.25) is 0 Å². The number of aromatic nitrogens is 3. The van der Waals surface area contributed by atoms with Crippen LogP contribution < -0.4 is 0 Å². The molecule has 9 aromatic rings. The molecule has 4 nitrogen and oxygen atoms in total. The third-order valence-corrected chi connectivity index (χ3v) is 7.85. The van der Waals surface area contributed by atoms with E-state index in [1.54, 1.807) is 12.1 Å². The third-order valence-electron chi connectivity index (χ3n) is 7.85. The lowest BCUT2D eigenvalue weighted by molar-refractivity contribution is 0.669. The van der Waals surface area contributed by atoms with Crippen LogP contribution in [-0.4, -0.2) is 15.0 Å². The van der Waals surface area contributed by atoms with Gasteiger partial charge in [-0.15, -0.1) is 0 Å². The molecule has 0 bridgehead atoms. The molecule has 0 saturated carbocycles. The van der Waals surface area contributed by atoms with Gasteiger partial charge in [0.15, 0.2) is 17.5 Å². The molecule has 0 unspecified atom stereocenters. The van der Waals surface area contributed by atoms with Gasteiger partial charge in [-0.05, 0) is 63.3 Å². The lowest BCUT2D eigenvalue weighted by Crippen LogP contribution is -2.00. The highest BCUT2D eigenvalue weighted by Crippen LogP contribution is 2.38. The predicted octanol–water partition coefficient (Wildman–Crippen LogP) is 11.3. The molecule has 0 spiro atoms. The van der Waals surface area contributed by atoms with E-state index in [0.717, 1.165) is 33.1 Å². The fourth-order valence-electron chi connectivity index (χ4n) is 5.66. The van der Waals surface area contributed by atoms with E-state index in [0.29, 0.717) is 11.1 Å². The summed E-state index contributed by atoms with van der Waals surface area (Å²) in [4.78, 5) is 14.3. The molecule has 0 atom stereocenters. The summed E-state index contributed by atoms with van der Waals surface area (Å²) in [6, 6.07) is 23.3. The molecular formula is C43H27N3O. The van der Waals surface area contributed by atoms with Gasteiger partial charge in [-0.2, -0.15) is 0 Å². The molecule has 0 amide bonds. The zero-order valence-corrected chi connectivity index (χ0v) is 24.5. The van der Waals surface area contributed by atoms with Crippen LogP contribution in [0.5, 0.6) is 0 Å². The molecule has 2 heterocycles. The van der Waals surface area contributed by atoms with Gasteiger partial charge in [0.05, 0.1) is 15.1 Å². The smallest absolute Gasteiger partial charge is 0.164 e. The monoisotopic (exact) mass is 612 g/mol. The van der Waals surface area contributed by atoms with Crippen LogP contribution in [0, 0.1) is 0 Å². The second kappa shape index (κ2) is 11.2. The van der Waals surface area contributed by atoms with Crippen LogP contribution in [0.3, 0.4) is 0 Å². The highest BCUT2D eigenvalue weighted by Gasteiger charge is 2.16. The third kappa shape index (κ3) is 4.93. The molecule has 220 valence electrons. The first-order valence-electron chi connectivity index (χ1n) is 20.3. The number of furan rings is 1. The first kappa shape index (κ1) is 17.9. The van der Waals surface area contributed by atoms with Crippen LogP contribution in [-0.2, 0) is 0 Å². The summed E-state index contributed by atoms with van der Waals surface area (Å²) in [7, 11) is 0. The van der Waals surface area contributed by atoms with Crippen LogP contribution in [0.4, 0.5) is 0 Å². The van der Waals surface area contributed by atoms with E-state index in [4.69, 9.17) is 26.7 Å². The lowest BCUT2D eigenvalue weighted by Gasteiger charge is -2.11. The first-order valence-corrected chi connectivity index (χ1v) is 14.8. The minimum atomic E-state index is -0.692. The first-order chi connectivity index (χ1) is 27.9. The topological polar surface area (TPSA) is 51.8 Å². The molecule has 0 aliphatic heterocycles. The second-order valence-electron chi connectivity index (χ2n) is 10.8. The Morgan fingerprint density at radius 1 is 0.447 bits per heavy atom. The summed E-state index contributed by atoms with van der Waals surface area (Å²) in [5, 5.41) is 1.24. The summed E-state index contributed by atoms with van der Waals surface area (Å²) in [5.74, 6) is 0.268. The lowest BCUT2D eigenvalue weighted by atomic mass is 9.97. The standard InChI is InChI=1S/C43H27N3O/c1-3-11-28(12-4-1)30-21-22-32-26-35(24-23-31(32)25-30)43-45-41(29-13-5-2-6-14-29)44-42(46-43)34-16-9-15-33(27-34)36-18-10-20-39-40(36)37-17-7-8-19-38(37)47-39/h1-27H/i1D,3D,4D,11D,12D,21D,22D,23D,24D,25D,26D. The van der Waals surface area contributed by atoms with E-state index in [-0.39, 0.29) is 33.8 Å². The fourth-order valence-corrected chi connectivity index (χ4v) is 5.66. The van der Waals surface area contributed by atoms with Crippen molar-refractivity contribution in [2.45, 2.75) is 0 Å². The van der Waals surface area contributed by atoms with E-state index < -0.39 is 77.6 Å². The van der Waals surface area contributed by atoms with Crippen molar-refractivity contribution in [1.82, 2.24) is 15.0 Å². The largest absolute Gasteiger partial charge is 0.456 e. The number of nitrogens with zero attached hydrogens (tertiary/aromatic N) is 3. The molecule has 0 aliphatic carbocycles. The van der Waals surface area contributed by atoms with Crippen molar-refractivity contribution < 1.29 is 19.5 Å². The molecule has 7 aromatic carbocycles. The number of fused-ring (bicyclic) bond motifs is 4. The van der Waals surface area contributed by atoms with Crippen molar-refractivity contribution in [2.24, 2.45) is 0 Å². The molecule has 0 N–H and O–H groups in total. The zero-order valence-electron chi connectivity index (χ0n) is 35.5. The maximum absolute atomic E-state index is 9.37. The van der Waals surface area contributed by atoms with Gasteiger partial charge < -0.3 is 4.42 Å². The van der Waals surface area contributed by atoms with E-state index in [2.05, 4.69) is 4.98 Å². The highest BCUT2D eigenvalue weighted by molar-refractivity contribution is 6.12. The van der Waals surface area contributed by atoms with E-state index >= 15 is 0 Å². The Bertz CT molecular complexity index is 3180. The predicted molar refractivity (Wildman–Crippen MR) is 192 cm³/mol. The summed E-state index contributed by atoms with van der Waals surface area (Å²) in [5.41, 5.74) is 3.26. The Morgan fingerprint density at radius 3 is 1.89 bits per heavy atom. The molecular weight excluding hydrogens is 574 g/mol. The van der Waals surface area contributed by atoms with Crippen molar-refractivity contribution in [3.05, 3.63) is 164 Å². The van der Waals surface area contributed by atoms with Gasteiger partial charge in [0.25, 0.3) is 0 Å². The number of benzene rings is 7. The van der Waals surface area contributed by atoms with E-state index in [1.165, 1.54) is 0 Å². The quantitative estimate of drug-likeness (QED) is 0.194. The Morgan fingerprint density at radius 2 is 1.06 bits per heavy atom. The molecule has 0 radical (unpaired) electrons. The van der Waals surface area contributed by atoms with Gasteiger partial charge >= 0.3 is 0 Å². The average molecular weight is 613 g/mol. The minimum absolute atomic E-state index is 0.144. The van der Waals surface area contributed by atoms with E-state index in [1.807, 2.05) is 84.9 Å². The highest BCUT2D eigenvalue weighted by atomic mass is 16.3. The molecule has 47 heavy (non-hydrogen) atoms. The molecule has 2 aromatic heterocycles. The van der Waals surface area contributed by atoms with Crippen molar-refractivity contribution >= 4 is 32.7 Å². The van der Waals surface area contributed by atoms with E-state index in [9.17, 15) is 2.74 Å². The van der Waals surface area contributed by atoms with Crippen LogP contribution in [0.2, 0.25) is 0 Å². The summed E-state index contributed by atoms with van der Waals surface area (Å²) < 4.78 is 102. The molecule has 0 saturated heterocycles. The Labute approximate surface area is 287 Å². The Kier molecular flexibility index (Phi) is 4.27. The van der Waals surface area contributed by atoms with Gasteiger partial charge in [-0.1, -0.05) is 133 Å². The Hall–Kier alpha value is -6.39. The van der Waals surface area contributed by atoms with Crippen LogP contribution in [0.1, 0.15) is 15.1 Å². The van der Waals surface area contributed by atoms with Crippen LogP contribution >= 0.6 is 0 Å². The normalized spacial score (nSPS) is 14.7. The maximum Gasteiger partial charge on any atom is 0.164 e. The van der Waals surface area contributed by atoms with Gasteiger partial charge in [0, 0.05) is 27.5 Å². The molecule has 9 rings (SSSR count). The van der Waals surface area contributed by atoms with Gasteiger partial charge in [0.1, 0.15) is 11.2 Å². The molecule has 4 heteroatoms. The average Bonchev–Trinajstić information content (AvgIpc) is 3.63. The Balaban J connectivity index is 1.28. The zero-order chi connectivity index (χ0) is 40.7. The second-order valence-corrected chi connectivity index (χ2v) is 10.8. The molecule has 0 fully saturated rings. The molecule has 0 aliphatic rings. The summed E-state index contributed by atoms with van der Waals surface area (Å²) in [6.07, 6.45) is 0. The van der Waals surface area contributed by atoms with Crippen molar-refractivity contribution in [1.29, 1.82) is 0 Å². The van der Waals surface area contributed by atoms with Crippen molar-refractivity contribution in [2.75, 3.05) is 0 Å². The van der Waals surface area contributed by atoms with Crippen LogP contribution in [0.25, 0.3) is 89.1 Å². The number of hydrogen-bond donors (Lipinski definition) is 0. The fraction of sp³-hybridized carbons (Fsp3) is 0. The van der Waals surface area contributed by atoms with Gasteiger partial charge in [-0.3, -0.25) is 0 Å². The van der Waals surface area contributed by atoms with Crippen molar-refractivity contribution in [3.63, 3.8) is 0 Å². The number of hydrogen-bond acceptors (Lipinski definition) is 4.